The summed E-state index contributed by atoms with van der Waals surface area (Å²) in [6.07, 6.45) is 0. The van der Waals surface area contributed by atoms with Crippen molar-refractivity contribution < 1.29 is 19.4 Å². The summed E-state index contributed by atoms with van der Waals surface area (Å²) in [5.74, 6) is -1.56. The average Bonchev–Trinajstić information content (AvgIpc) is 2.30. The van der Waals surface area contributed by atoms with Gasteiger partial charge in [-0.15, -0.1) is 0 Å². The predicted molar refractivity (Wildman–Crippen MR) is 68.5 cm³/mol. The Hall–Kier alpha value is -1.30. The molecule has 0 bridgehead atoms. The van der Waals surface area contributed by atoms with E-state index in [1.807, 2.05) is 0 Å². The first-order chi connectivity index (χ1) is 8.45. The second kappa shape index (κ2) is 6.58. The Kier molecular flexibility index (Phi) is 5.40. The quantitative estimate of drug-likeness (QED) is 0.874. The first-order valence-electron chi connectivity index (χ1n) is 5.05. The number of ether oxygens (including phenoxy) is 1. The number of carbonyl (C=O) groups excluding carboxylic acids is 1. The lowest BCUT2D eigenvalue weighted by Crippen LogP contribution is -2.18. The van der Waals surface area contributed by atoms with Crippen LogP contribution in [0.1, 0.15) is 17.3 Å². The maximum absolute atomic E-state index is 11.4. The van der Waals surface area contributed by atoms with Crippen molar-refractivity contribution in [3.63, 3.8) is 0 Å². The zero-order valence-corrected chi connectivity index (χ0v) is 11.0. The van der Waals surface area contributed by atoms with Gasteiger partial charge in [0, 0.05) is 6.61 Å². The number of nitrogens with one attached hydrogen (secondary N) is 1. The number of benzene rings is 1. The number of rotatable bonds is 5. The number of aromatic carboxylic acids is 1. The fourth-order valence-corrected chi connectivity index (χ4v) is 1.77. The van der Waals surface area contributed by atoms with Crippen LogP contribution in [0, 0.1) is 0 Å². The largest absolute Gasteiger partial charge is 0.478 e. The number of anilines is 1. The van der Waals surface area contributed by atoms with Gasteiger partial charge < -0.3 is 15.2 Å². The zero-order valence-electron chi connectivity index (χ0n) is 9.50. The first-order valence-corrected chi connectivity index (χ1v) is 5.81. The van der Waals surface area contributed by atoms with Gasteiger partial charge in [-0.3, -0.25) is 4.79 Å². The number of amides is 1. The van der Waals surface area contributed by atoms with Crippen LogP contribution in [-0.2, 0) is 9.53 Å². The summed E-state index contributed by atoms with van der Waals surface area (Å²) in [5.41, 5.74) is 0.126. The van der Waals surface area contributed by atoms with Crippen molar-refractivity contribution in [2.24, 2.45) is 0 Å². The van der Waals surface area contributed by atoms with Gasteiger partial charge in [0.25, 0.3) is 0 Å². The fraction of sp³-hybridized carbons (Fsp3) is 0.273. The van der Waals surface area contributed by atoms with Gasteiger partial charge in [-0.25, -0.2) is 4.79 Å². The minimum atomic E-state index is -1.15. The van der Waals surface area contributed by atoms with Crippen molar-refractivity contribution in [3.05, 3.63) is 27.7 Å². The van der Waals surface area contributed by atoms with Crippen LogP contribution in [-0.4, -0.2) is 30.2 Å². The molecule has 0 heterocycles. The van der Waals surface area contributed by atoms with Gasteiger partial charge in [-0.05, 0) is 19.1 Å². The van der Waals surface area contributed by atoms with E-state index in [-0.39, 0.29) is 27.9 Å². The number of halogens is 2. The maximum atomic E-state index is 11.4. The molecule has 1 rings (SSSR count). The van der Waals surface area contributed by atoms with E-state index in [4.69, 9.17) is 33.0 Å². The van der Waals surface area contributed by atoms with Crippen molar-refractivity contribution in [1.29, 1.82) is 0 Å². The number of hydrogen-bond acceptors (Lipinski definition) is 3. The van der Waals surface area contributed by atoms with Crippen LogP contribution in [0.25, 0.3) is 0 Å². The summed E-state index contributed by atoms with van der Waals surface area (Å²) >= 11 is 11.7. The average molecular weight is 292 g/mol. The van der Waals surface area contributed by atoms with Crippen molar-refractivity contribution in [1.82, 2.24) is 0 Å². The van der Waals surface area contributed by atoms with Gasteiger partial charge in [-0.1, -0.05) is 23.2 Å². The summed E-state index contributed by atoms with van der Waals surface area (Å²) in [5, 5.41) is 11.4. The standard InChI is InChI=1S/C11H11Cl2NO4/c1-2-18-5-9(15)14-10-7(12)3-6(11(16)17)4-8(10)13/h3-4H,2,5H2,1H3,(H,14,15)(H,16,17). The van der Waals surface area contributed by atoms with Crippen molar-refractivity contribution >= 4 is 40.8 Å². The number of hydrogen-bond donors (Lipinski definition) is 2. The third kappa shape index (κ3) is 3.87. The topological polar surface area (TPSA) is 75.6 Å². The van der Waals surface area contributed by atoms with E-state index < -0.39 is 11.9 Å². The second-order valence-corrected chi connectivity index (χ2v) is 4.12. The van der Waals surface area contributed by atoms with Gasteiger partial charge in [-0.2, -0.15) is 0 Å². The van der Waals surface area contributed by atoms with Crippen LogP contribution < -0.4 is 5.32 Å². The van der Waals surface area contributed by atoms with Crippen LogP contribution in [0.4, 0.5) is 5.69 Å². The van der Waals surface area contributed by atoms with Crippen molar-refractivity contribution in [2.75, 3.05) is 18.5 Å². The van der Waals surface area contributed by atoms with Gasteiger partial charge >= 0.3 is 5.97 Å². The highest BCUT2D eigenvalue weighted by molar-refractivity contribution is 6.40. The molecule has 0 fully saturated rings. The van der Waals surface area contributed by atoms with Gasteiger partial charge in [0.05, 0.1) is 21.3 Å². The molecule has 5 nitrogen and oxygen atoms in total. The zero-order chi connectivity index (χ0) is 13.7. The number of carbonyl (C=O) groups is 2. The van der Waals surface area contributed by atoms with Gasteiger partial charge in [0.1, 0.15) is 6.61 Å². The molecular formula is C11H11Cl2NO4. The Balaban J connectivity index is 2.90. The van der Waals surface area contributed by atoms with Crippen molar-refractivity contribution in [2.45, 2.75) is 6.92 Å². The lowest BCUT2D eigenvalue weighted by molar-refractivity contribution is -0.120. The van der Waals surface area contributed by atoms with Crippen LogP contribution in [0.3, 0.4) is 0 Å². The molecule has 0 atom stereocenters. The molecule has 0 radical (unpaired) electrons. The van der Waals surface area contributed by atoms with E-state index in [2.05, 4.69) is 5.32 Å². The summed E-state index contributed by atoms with van der Waals surface area (Å²) < 4.78 is 4.92. The molecule has 98 valence electrons. The summed E-state index contributed by atoms with van der Waals surface area (Å²) in [7, 11) is 0. The van der Waals surface area contributed by atoms with E-state index in [1.165, 1.54) is 12.1 Å². The van der Waals surface area contributed by atoms with E-state index in [1.54, 1.807) is 6.92 Å². The van der Waals surface area contributed by atoms with E-state index in [0.29, 0.717) is 6.61 Å². The predicted octanol–water partition coefficient (Wildman–Crippen LogP) is 2.67. The molecule has 0 aliphatic heterocycles. The van der Waals surface area contributed by atoms with E-state index in [0.717, 1.165) is 0 Å². The van der Waals surface area contributed by atoms with Crippen LogP contribution in [0.5, 0.6) is 0 Å². The molecule has 0 aliphatic carbocycles. The summed E-state index contributed by atoms with van der Waals surface area (Å²) in [6.45, 7) is 2.05. The minimum Gasteiger partial charge on any atom is -0.478 e. The Morgan fingerprint density at radius 1 is 1.33 bits per heavy atom. The van der Waals surface area contributed by atoms with Crippen LogP contribution >= 0.6 is 23.2 Å². The Morgan fingerprint density at radius 2 is 1.89 bits per heavy atom. The van der Waals surface area contributed by atoms with Crippen LogP contribution in [0.2, 0.25) is 10.0 Å². The third-order valence-electron chi connectivity index (χ3n) is 1.99. The second-order valence-electron chi connectivity index (χ2n) is 3.31. The molecule has 0 unspecified atom stereocenters. The Labute approximate surface area is 114 Å². The molecule has 1 aromatic rings. The highest BCUT2D eigenvalue weighted by Gasteiger charge is 2.14. The molecule has 0 spiro atoms. The molecular weight excluding hydrogens is 281 g/mol. The fourth-order valence-electron chi connectivity index (χ4n) is 1.19. The molecule has 2 N–H and O–H groups in total. The lowest BCUT2D eigenvalue weighted by atomic mass is 10.2. The molecule has 1 aromatic carbocycles. The van der Waals surface area contributed by atoms with E-state index >= 15 is 0 Å². The van der Waals surface area contributed by atoms with Crippen LogP contribution in [0.15, 0.2) is 12.1 Å². The number of carboxylic acid groups (broad SMARTS) is 1. The smallest absolute Gasteiger partial charge is 0.335 e. The van der Waals surface area contributed by atoms with Gasteiger partial charge in [0.15, 0.2) is 0 Å². The lowest BCUT2D eigenvalue weighted by Gasteiger charge is -2.10. The molecule has 0 saturated heterocycles. The first kappa shape index (κ1) is 14.8. The SMILES string of the molecule is CCOCC(=O)Nc1c(Cl)cc(C(=O)O)cc1Cl. The Morgan fingerprint density at radius 3 is 2.33 bits per heavy atom. The number of carboxylic acids is 1. The maximum Gasteiger partial charge on any atom is 0.335 e. The summed E-state index contributed by atoms with van der Waals surface area (Å²) in [4.78, 5) is 22.2. The molecule has 0 aliphatic rings. The van der Waals surface area contributed by atoms with E-state index in [9.17, 15) is 9.59 Å². The Bertz CT molecular complexity index is 453. The highest BCUT2D eigenvalue weighted by atomic mass is 35.5. The molecule has 0 saturated carbocycles. The summed E-state index contributed by atoms with van der Waals surface area (Å²) in [6, 6.07) is 2.43. The van der Waals surface area contributed by atoms with Gasteiger partial charge in [0.2, 0.25) is 5.91 Å². The molecule has 18 heavy (non-hydrogen) atoms. The molecule has 1 amide bonds. The molecule has 7 heteroatoms. The third-order valence-corrected chi connectivity index (χ3v) is 2.59. The van der Waals surface area contributed by atoms with Crippen molar-refractivity contribution in [3.8, 4) is 0 Å². The molecule has 0 aromatic heterocycles. The minimum absolute atomic E-state index is 0.0483. The highest BCUT2D eigenvalue weighted by Crippen LogP contribution is 2.31. The monoisotopic (exact) mass is 291 g/mol. The normalized spacial score (nSPS) is 10.2.